The number of benzene rings is 2. The van der Waals surface area contributed by atoms with E-state index in [0.29, 0.717) is 31.5 Å². The summed E-state index contributed by atoms with van der Waals surface area (Å²) in [5, 5.41) is 9.24. The first-order valence-electron chi connectivity index (χ1n) is 9.44. The SMILES string of the molecule is Cc1ccc(C)c(S(=O)(=O)Nc2cccc(S(=O)(=O)N3CCC(CO)CC3)c2)c1. The van der Waals surface area contributed by atoms with Gasteiger partial charge >= 0.3 is 0 Å². The zero-order valence-corrected chi connectivity index (χ0v) is 18.1. The van der Waals surface area contributed by atoms with Crippen LogP contribution in [-0.2, 0) is 20.0 Å². The van der Waals surface area contributed by atoms with Crippen LogP contribution < -0.4 is 4.72 Å². The molecule has 0 aromatic heterocycles. The normalized spacial score (nSPS) is 16.7. The number of rotatable bonds is 6. The molecule has 0 atom stereocenters. The molecule has 0 spiro atoms. The second-order valence-corrected chi connectivity index (χ2v) is 11.0. The summed E-state index contributed by atoms with van der Waals surface area (Å²) in [6, 6.07) is 11.0. The first kappa shape index (κ1) is 21.8. The molecule has 0 bridgehead atoms. The summed E-state index contributed by atoms with van der Waals surface area (Å²) >= 11 is 0. The number of nitrogens with one attached hydrogen (secondary N) is 1. The Morgan fingerprint density at radius 3 is 2.38 bits per heavy atom. The Morgan fingerprint density at radius 2 is 1.72 bits per heavy atom. The average molecular weight is 439 g/mol. The first-order chi connectivity index (χ1) is 13.6. The predicted octanol–water partition coefficient (Wildman–Crippen LogP) is 2.50. The molecule has 1 aliphatic heterocycles. The monoisotopic (exact) mass is 438 g/mol. The maximum Gasteiger partial charge on any atom is 0.262 e. The number of sulfonamides is 2. The van der Waals surface area contributed by atoms with E-state index in [1.165, 1.54) is 28.6 Å². The first-order valence-corrected chi connectivity index (χ1v) is 12.4. The summed E-state index contributed by atoms with van der Waals surface area (Å²) < 4.78 is 55.4. The minimum absolute atomic E-state index is 0.0427. The van der Waals surface area contributed by atoms with Crippen LogP contribution in [0.2, 0.25) is 0 Å². The van der Waals surface area contributed by atoms with E-state index in [1.54, 1.807) is 19.1 Å². The predicted molar refractivity (Wildman–Crippen MR) is 112 cm³/mol. The van der Waals surface area contributed by atoms with Crippen LogP contribution in [0.4, 0.5) is 5.69 Å². The van der Waals surface area contributed by atoms with E-state index in [0.717, 1.165) is 5.56 Å². The molecule has 158 valence electrons. The molecule has 0 amide bonds. The Kier molecular flexibility index (Phi) is 6.33. The van der Waals surface area contributed by atoms with Gasteiger partial charge < -0.3 is 5.11 Å². The fourth-order valence-electron chi connectivity index (χ4n) is 3.41. The Bertz CT molecular complexity index is 1090. The third-order valence-electron chi connectivity index (χ3n) is 5.19. The lowest BCUT2D eigenvalue weighted by molar-refractivity contribution is 0.170. The van der Waals surface area contributed by atoms with Crippen LogP contribution >= 0.6 is 0 Å². The zero-order valence-electron chi connectivity index (χ0n) is 16.5. The van der Waals surface area contributed by atoms with Crippen LogP contribution in [0.5, 0.6) is 0 Å². The Morgan fingerprint density at radius 1 is 1.03 bits per heavy atom. The van der Waals surface area contributed by atoms with Crippen molar-refractivity contribution in [2.75, 3.05) is 24.4 Å². The topological polar surface area (TPSA) is 104 Å². The van der Waals surface area contributed by atoms with Crippen molar-refractivity contribution in [1.82, 2.24) is 4.31 Å². The van der Waals surface area contributed by atoms with Gasteiger partial charge in [0.15, 0.2) is 0 Å². The van der Waals surface area contributed by atoms with Crippen molar-refractivity contribution in [2.24, 2.45) is 5.92 Å². The molecule has 2 N–H and O–H groups in total. The third kappa shape index (κ3) is 4.80. The molecule has 1 aliphatic rings. The molecule has 0 unspecified atom stereocenters. The van der Waals surface area contributed by atoms with Gasteiger partial charge in [-0.25, -0.2) is 16.8 Å². The lowest BCUT2D eigenvalue weighted by atomic mass is 10.00. The van der Waals surface area contributed by atoms with Gasteiger partial charge in [-0.15, -0.1) is 0 Å². The molecule has 29 heavy (non-hydrogen) atoms. The van der Waals surface area contributed by atoms with Crippen molar-refractivity contribution in [3.05, 3.63) is 53.6 Å². The molecule has 0 saturated carbocycles. The maximum atomic E-state index is 13.0. The Balaban J connectivity index is 1.85. The van der Waals surface area contributed by atoms with Gasteiger partial charge in [-0.1, -0.05) is 18.2 Å². The maximum absolute atomic E-state index is 13.0. The fraction of sp³-hybridized carbons (Fsp3) is 0.400. The smallest absolute Gasteiger partial charge is 0.262 e. The molecule has 1 heterocycles. The van der Waals surface area contributed by atoms with E-state index in [-0.39, 0.29) is 28.0 Å². The lowest BCUT2D eigenvalue weighted by Crippen LogP contribution is -2.39. The van der Waals surface area contributed by atoms with Crippen LogP contribution in [0, 0.1) is 19.8 Å². The van der Waals surface area contributed by atoms with Gasteiger partial charge in [0, 0.05) is 19.7 Å². The molecule has 0 aliphatic carbocycles. The number of aliphatic hydroxyl groups excluding tert-OH is 1. The Labute approximate surface area is 172 Å². The number of nitrogens with zero attached hydrogens (tertiary/aromatic N) is 1. The van der Waals surface area contributed by atoms with Crippen LogP contribution in [0.25, 0.3) is 0 Å². The third-order valence-corrected chi connectivity index (χ3v) is 8.61. The summed E-state index contributed by atoms with van der Waals surface area (Å²) in [5.74, 6) is 0.122. The van der Waals surface area contributed by atoms with Crippen molar-refractivity contribution in [1.29, 1.82) is 0 Å². The van der Waals surface area contributed by atoms with Crippen LogP contribution in [0.15, 0.2) is 52.3 Å². The number of aliphatic hydroxyl groups is 1. The molecule has 9 heteroatoms. The second kappa shape index (κ2) is 8.43. The molecular weight excluding hydrogens is 412 g/mol. The molecule has 7 nitrogen and oxygen atoms in total. The largest absolute Gasteiger partial charge is 0.396 e. The quantitative estimate of drug-likeness (QED) is 0.721. The van der Waals surface area contributed by atoms with Crippen molar-refractivity contribution in [2.45, 2.75) is 36.5 Å². The van der Waals surface area contributed by atoms with Gasteiger partial charge in [0.2, 0.25) is 10.0 Å². The molecule has 2 aromatic rings. The highest BCUT2D eigenvalue weighted by Gasteiger charge is 2.29. The molecular formula is C20H26N2O5S2. The fourth-order valence-corrected chi connectivity index (χ4v) is 6.30. The minimum Gasteiger partial charge on any atom is -0.396 e. The standard InChI is InChI=1S/C20H26N2O5S2/c1-15-6-7-16(2)20(12-15)28(24,25)21-18-4-3-5-19(13-18)29(26,27)22-10-8-17(14-23)9-11-22/h3-7,12-13,17,21,23H,8-11,14H2,1-2H3. The minimum atomic E-state index is -3.85. The lowest BCUT2D eigenvalue weighted by Gasteiger charge is -2.30. The average Bonchev–Trinajstić information content (AvgIpc) is 2.69. The molecule has 1 fully saturated rings. The summed E-state index contributed by atoms with van der Waals surface area (Å²) in [6.07, 6.45) is 1.21. The number of piperidine rings is 1. The molecule has 3 rings (SSSR count). The highest BCUT2D eigenvalue weighted by molar-refractivity contribution is 7.92. The highest BCUT2D eigenvalue weighted by atomic mass is 32.2. The van der Waals surface area contributed by atoms with Gasteiger partial charge in [-0.05, 0) is 68.0 Å². The van der Waals surface area contributed by atoms with Crippen LogP contribution in [0.3, 0.4) is 0 Å². The summed E-state index contributed by atoms with van der Waals surface area (Å²) in [7, 11) is -7.58. The highest BCUT2D eigenvalue weighted by Crippen LogP contribution is 2.26. The molecule has 2 aromatic carbocycles. The Hall–Kier alpha value is -1.94. The van der Waals surface area contributed by atoms with Crippen LogP contribution in [0.1, 0.15) is 24.0 Å². The van der Waals surface area contributed by atoms with Gasteiger partial charge in [0.1, 0.15) is 0 Å². The number of hydrogen-bond acceptors (Lipinski definition) is 5. The summed E-state index contributed by atoms with van der Waals surface area (Å²) in [6.45, 7) is 4.26. The zero-order chi connectivity index (χ0) is 21.2. The summed E-state index contributed by atoms with van der Waals surface area (Å²) in [5.41, 5.74) is 1.62. The van der Waals surface area contributed by atoms with Crippen molar-refractivity contribution >= 4 is 25.7 Å². The van der Waals surface area contributed by atoms with E-state index in [9.17, 15) is 21.9 Å². The van der Waals surface area contributed by atoms with E-state index in [2.05, 4.69) is 4.72 Å². The van der Waals surface area contributed by atoms with E-state index in [4.69, 9.17) is 0 Å². The van der Waals surface area contributed by atoms with E-state index < -0.39 is 20.0 Å². The van der Waals surface area contributed by atoms with Gasteiger partial charge in [-0.2, -0.15) is 4.31 Å². The number of hydrogen-bond donors (Lipinski definition) is 2. The summed E-state index contributed by atoms with van der Waals surface area (Å²) in [4.78, 5) is 0.206. The van der Waals surface area contributed by atoms with Crippen molar-refractivity contribution in [3.63, 3.8) is 0 Å². The number of anilines is 1. The van der Waals surface area contributed by atoms with Gasteiger partial charge in [0.25, 0.3) is 10.0 Å². The van der Waals surface area contributed by atoms with E-state index >= 15 is 0 Å². The van der Waals surface area contributed by atoms with E-state index in [1.807, 2.05) is 13.0 Å². The number of aryl methyl sites for hydroxylation is 2. The van der Waals surface area contributed by atoms with Crippen molar-refractivity contribution < 1.29 is 21.9 Å². The van der Waals surface area contributed by atoms with Crippen molar-refractivity contribution in [3.8, 4) is 0 Å². The second-order valence-electron chi connectivity index (χ2n) is 7.43. The molecule has 1 saturated heterocycles. The van der Waals surface area contributed by atoms with Gasteiger partial charge in [0.05, 0.1) is 15.5 Å². The molecule has 0 radical (unpaired) electrons. The van der Waals surface area contributed by atoms with Gasteiger partial charge in [-0.3, -0.25) is 4.72 Å². The van der Waals surface area contributed by atoms with Crippen LogP contribution in [-0.4, -0.2) is 45.9 Å².